The van der Waals surface area contributed by atoms with Gasteiger partial charge >= 0.3 is 0 Å². The Morgan fingerprint density at radius 2 is 1.87 bits per heavy atom. The number of carbonyl (C=O) groups is 1. The molecule has 0 aliphatic rings. The maximum atomic E-state index is 13.2. The summed E-state index contributed by atoms with van der Waals surface area (Å²) < 4.78 is 13.2. The van der Waals surface area contributed by atoms with Gasteiger partial charge in [-0.25, -0.2) is 4.39 Å². The average molecular weight is 326 g/mol. The van der Waals surface area contributed by atoms with Crippen molar-refractivity contribution in [3.63, 3.8) is 0 Å². The number of nitrogens with zero attached hydrogens (tertiary/aromatic N) is 2. The molecule has 0 aromatic heterocycles. The van der Waals surface area contributed by atoms with Crippen molar-refractivity contribution in [2.75, 3.05) is 0 Å². The number of benzene rings is 2. The van der Waals surface area contributed by atoms with Crippen LogP contribution in [0, 0.1) is 16.5 Å². The van der Waals surface area contributed by atoms with Gasteiger partial charge in [0, 0.05) is 12.3 Å². The maximum Gasteiger partial charge on any atom is 0.224 e. The minimum atomic E-state index is -0.349. The highest BCUT2D eigenvalue weighted by molar-refractivity contribution is 8.06. The Bertz CT molecular complexity index is 736. The molecule has 0 bridgehead atoms. The van der Waals surface area contributed by atoms with Gasteiger partial charge < -0.3 is 4.90 Å². The van der Waals surface area contributed by atoms with Crippen molar-refractivity contribution in [3.8, 4) is 5.40 Å². The number of hydrogen-bond donors (Lipinski definition) is 0. The lowest BCUT2D eigenvalue weighted by Gasteiger charge is -2.24. The van der Waals surface area contributed by atoms with Gasteiger partial charge in [-0.15, -0.1) is 0 Å². The summed E-state index contributed by atoms with van der Waals surface area (Å²) >= 11 is 0.927. The van der Waals surface area contributed by atoms with Gasteiger partial charge in [0.25, 0.3) is 0 Å². The Balaban J connectivity index is 2.39. The van der Waals surface area contributed by atoms with Crippen LogP contribution in [0.5, 0.6) is 0 Å². The lowest BCUT2D eigenvalue weighted by molar-refractivity contribution is -0.126. The molecule has 0 spiro atoms. The Kier molecular flexibility index (Phi) is 5.95. The van der Waals surface area contributed by atoms with Crippen molar-refractivity contribution >= 4 is 23.4 Å². The number of hydrogen-bond acceptors (Lipinski definition) is 3. The van der Waals surface area contributed by atoms with E-state index in [1.807, 2.05) is 35.7 Å². The summed E-state index contributed by atoms with van der Waals surface area (Å²) in [6.45, 7) is 1.85. The molecule has 0 fully saturated rings. The van der Waals surface area contributed by atoms with Gasteiger partial charge in [0.15, 0.2) is 0 Å². The van der Waals surface area contributed by atoms with Crippen LogP contribution in [0.15, 0.2) is 60.0 Å². The van der Waals surface area contributed by atoms with Gasteiger partial charge in [0.1, 0.15) is 11.2 Å². The fourth-order valence-electron chi connectivity index (χ4n) is 2.12. The number of nitriles is 1. The van der Waals surface area contributed by atoms with Crippen molar-refractivity contribution in [2.45, 2.75) is 13.5 Å². The number of rotatable bonds is 5. The van der Waals surface area contributed by atoms with Crippen LogP contribution >= 0.6 is 11.8 Å². The van der Waals surface area contributed by atoms with Gasteiger partial charge in [-0.1, -0.05) is 30.3 Å². The largest absolute Gasteiger partial charge is 0.307 e. The van der Waals surface area contributed by atoms with E-state index in [0.29, 0.717) is 17.8 Å². The molecule has 1 amide bonds. The van der Waals surface area contributed by atoms with Crippen LogP contribution in [0.1, 0.15) is 18.1 Å². The fourth-order valence-corrected chi connectivity index (χ4v) is 2.55. The van der Waals surface area contributed by atoms with E-state index in [0.717, 1.165) is 17.3 Å². The van der Waals surface area contributed by atoms with E-state index in [2.05, 4.69) is 0 Å². The molecule has 5 heteroatoms. The molecule has 0 unspecified atom stereocenters. The summed E-state index contributed by atoms with van der Waals surface area (Å²) in [5.41, 5.74) is 2.23. The SMILES string of the molecule is CC(=O)N(Cc1ccccc1)/C(=C/SC#N)c1ccc(F)cc1. The molecule has 0 atom stereocenters. The average Bonchev–Trinajstić information content (AvgIpc) is 2.56. The van der Waals surface area contributed by atoms with Gasteiger partial charge in [-0.2, -0.15) is 5.26 Å². The molecule has 0 radical (unpaired) electrons. The monoisotopic (exact) mass is 326 g/mol. The smallest absolute Gasteiger partial charge is 0.224 e. The van der Waals surface area contributed by atoms with Gasteiger partial charge in [0.05, 0.1) is 12.2 Å². The molecule has 23 heavy (non-hydrogen) atoms. The lowest BCUT2D eigenvalue weighted by atomic mass is 10.1. The normalized spacial score (nSPS) is 10.9. The van der Waals surface area contributed by atoms with E-state index in [-0.39, 0.29) is 11.7 Å². The number of halogens is 1. The lowest BCUT2D eigenvalue weighted by Crippen LogP contribution is -2.26. The summed E-state index contributed by atoms with van der Waals surface area (Å²) in [7, 11) is 0. The van der Waals surface area contributed by atoms with Crippen LogP contribution in [0.25, 0.3) is 5.70 Å². The summed E-state index contributed by atoms with van der Waals surface area (Å²) in [5, 5.41) is 12.4. The Hall–Kier alpha value is -2.58. The predicted molar refractivity (Wildman–Crippen MR) is 90.2 cm³/mol. The number of thiocyanates is 1. The van der Waals surface area contributed by atoms with Crippen LogP contribution in [0.4, 0.5) is 4.39 Å². The standard InChI is InChI=1S/C18H15FN2OS/c1-14(22)21(11-15-5-3-2-4-6-15)18(12-23-13-20)16-7-9-17(19)10-8-16/h2-10,12H,11H2,1H3/b18-12+. The van der Waals surface area contributed by atoms with Crippen molar-refractivity contribution in [1.82, 2.24) is 4.90 Å². The first-order valence-corrected chi connectivity index (χ1v) is 7.82. The molecular weight excluding hydrogens is 311 g/mol. The van der Waals surface area contributed by atoms with E-state index in [4.69, 9.17) is 5.26 Å². The summed E-state index contributed by atoms with van der Waals surface area (Å²) in [6.07, 6.45) is 0. The Morgan fingerprint density at radius 3 is 2.43 bits per heavy atom. The van der Waals surface area contributed by atoms with Gasteiger partial charge in [-0.3, -0.25) is 4.79 Å². The van der Waals surface area contributed by atoms with Crippen molar-refractivity contribution in [2.24, 2.45) is 0 Å². The summed E-state index contributed by atoms with van der Waals surface area (Å²) in [4.78, 5) is 13.7. The summed E-state index contributed by atoms with van der Waals surface area (Å²) in [5.74, 6) is -0.499. The van der Waals surface area contributed by atoms with Crippen LogP contribution in [0.2, 0.25) is 0 Å². The second-order valence-corrected chi connectivity index (χ2v) is 5.46. The van der Waals surface area contributed by atoms with Crippen LogP contribution in [-0.4, -0.2) is 10.8 Å². The quantitative estimate of drug-likeness (QED) is 0.766. The highest BCUT2D eigenvalue weighted by Crippen LogP contribution is 2.25. The van der Waals surface area contributed by atoms with Crippen LogP contribution < -0.4 is 0 Å². The third kappa shape index (κ3) is 4.70. The first-order valence-electron chi connectivity index (χ1n) is 6.94. The molecular formula is C18H15FN2OS. The molecule has 116 valence electrons. The van der Waals surface area contributed by atoms with E-state index in [1.54, 1.807) is 22.4 Å². The molecule has 0 N–H and O–H groups in total. The molecule has 2 aromatic carbocycles. The Labute approximate surface area is 139 Å². The van der Waals surface area contributed by atoms with E-state index >= 15 is 0 Å². The molecule has 2 rings (SSSR count). The summed E-state index contributed by atoms with van der Waals surface area (Å²) in [6, 6.07) is 15.4. The molecule has 0 saturated carbocycles. The molecule has 0 heterocycles. The molecule has 0 aliphatic heterocycles. The van der Waals surface area contributed by atoms with E-state index in [1.165, 1.54) is 19.1 Å². The van der Waals surface area contributed by atoms with Crippen molar-refractivity contribution in [1.29, 1.82) is 5.26 Å². The molecule has 0 aliphatic carbocycles. The van der Waals surface area contributed by atoms with E-state index in [9.17, 15) is 9.18 Å². The second kappa shape index (κ2) is 8.16. The zero-order valence-electron chi connectivity index (χ0n) is 12.6. The first kappa shape index (κ1) is 16.8. The third-order valence-corrected chi connectivity index (χ3v) is 3.66. The van der Waals surface area contributed by atoms with Crippen LogP contribution in [0.3, 0.4) is 0 Å². The van der Waals surface area contributed by atoms with Gasteiger partial charge in [0.2, 0.25) is 5.91 Å². The van der Waals surface area contributed by atoms with E-state index < -0.39 is 0 Å². The highest BCUT2D eigenvalue weighted by atomic mass is 32.2. The number of amides is 1. The molecule has 2 aromatic rings. The topological polar surface area (TPSA) is 44.1 Å². The number of carbonyl (C=O) groups excluding carboxylic acids is 1. The fraction of sp³-hybridized carbons (Fsp3) is 0.111. The van der Waals surface area contributed by atoms with Crippen molar-refractivity contribution < 1.29 is 9.18 Å². The van der Waals surface area contributed by atoms with Crippen molar-refractivity contribution in [3.05, 3.63) is 76.9 Å². The molecule has 0 saturated heterocycles. The first-order chi connectivity index (χ1) is 11.1. The molecule has 3 nitrogen and oxygen atoms in total. The zero-order valence-corrected chi connectivity index (χ0v) is 13.4. The minimum absolute atomic E-state index is 0.150. The third-order valence-electron chi connectivity index (χ3n) is 3.22. The predicted octanol–water partition coefficient (Wildman–Crippen LogP) is 4.39. The zero-order chi connectivity index (χ0) is 16.7. The number of thioether (sulfide) groups is 1. The van der Waals surface area contributed by atoms with Gasteiger partial charge in [-0.05, 0) is 47.2 Å². The second-order valence-electron chi connectivity index (χ2n) is 4.81. The highest BCUT2D eigenvalue weighted by Gasteiger charge is 2.17. The minimum Gasteiger partial charge on any atom is -0.307 e. The maximum absolute atomic E-state index is 13.2. The Morgan fingerprint density at radius 1 is 1.22 bits per heavy atom. The van der Waals surface area contributed by atoms with Crippen LogP contribution in [-0.2, 0) is 11.3 Å².